The van der Waals surface area contributed by atoms with Crippen LogP contribution in [0.2, 0.25) is 0 Å². The normalized spacial score (nSPS) is 29.8. The molecule has 76 valence electrons. The molecular formula is C7H10F3NO2. The van der Waals surface area contributed by atoms with Crippen molar-refractivity contribution in [3.05, 3.63) is 0 Å². The molecule has 3 N–H and O–H groups in total. The zero-order valence-corrected chi connectivity index (χ0v) is 6.71. The molecule has 1 aliphatic rings. The van der Waals surface area contributed by atoms with Crippen LogP contribution in [0.3, 0.4) is 0 Å². The molecule has 0 radical (unpaired) electrons. The van der Waals surface area contributed by atoms with E-state index >= 15 is 0 Å². The Kier molecular flexibility index (Phi) is 2.51. The fourth-order valence-electron chi connectivity index (χ4n) is 1.34. The van der Waals surface area contributed by atoms with Crippen molar-refractivity contribution in [3.63, 3.8) is 0 Å². The van der Waals surface area contributed by atoms with Crippen molar-refractivity contribution >= 4 is 5.97 Å². The van der Waals surface area contributed by atoms with Crippen molar-refractivity contribution in [3.8, 4) is 0 Å². The highest BCUT2D eigenvalue weighted by atomic mass is 19.4. The summed E-state index contributed by atoms with van der Waals surface area (Å²) in [6.45, 7) is 0. The third-order valence-corrected chi connectivity index (χ3v) is 2.22. The molecule has 1 saturated carbocycles. The van der Waals surface area contributed by atoms with E-state index in [4.69, 9.17) is 10.8 Å². The van der Waals surface area contributed by atoms with Gasteiger partial charge in [-0.15, -0.1) is 0 Å². The number of hydrogen-bond donors (Lipinski definition) is 2. The average molecular weight is 197 g/mol. The first-order valence-electron chi connectivity index (χ1n) is 3.87. The summed E-state index contributed by atoms with van der Waals surface area (Å²) < 4.78 is 35.9. The van der Waals surface area contributed by atoms with E-state index in [1.165, 1.54) is 0 Å². The maximum atomic E-state index is 12.0. The van der Waals surface area contributed by atoms with Crippen LogP contribution in [-0.2, 0) is 4.79 Å². The third-order valence-electron chi connectivity index (χ3n) is 2.22. The van der Waals surface area contributed by atoms with Gasteiger partial charge in [-0.05, 0) is 18.8 Å². The van der Waals surface area contributed by atoms with Gasteiger partial charge >= 0.3 is 12.1 Å². The summed E-state index contributed by atoms with van der Waals surface area (Å²) in [5.41, 5.74) is 5.10. The number of carboxylic acid groups (broad SMARTS) is 1. The van der Waals surface area contributed by atoms with Crippen molar-refractivity contribution in [2.75, 3.05) is 0 Å². The molecule has 0 aromatic heterocycles. The molecule has 0 aromatic rings. The minimum atomic E-state index is -4.19. The van der Waals surface area contributed by atoms with Gasteiger partial charge < -0.3 is 10.8 Å². The molecule has 0 aliphatic heterocycles. The Morgan fingerprint density at radius 1 is 1.62 bits per heavy atom. The van der Waals surface area contributed by atoms with E-state index in [1.807, 2.05) is 0 Å². The van der Waals surface area contributed by atoms with Gasteiger partial charge in [0.25, 0.3) is 0 Å². The number of aliphatic carboxylic acids is 1. The zero-order valence-electron chi connectivity index (χ0n) is 6.71. The lowest BCUT2D eigenvalue weighted by molar-refractivity contribution is -0.152. The van der Waals surface area contributed by atoms with E-state index in [0.717, 1.165) is 0 Å². The lowest BCUT2D eigenvalue weighted by Crippen LogP contribution is -2.31. The lowest BCUT2D eigenvalue weighted by Gasteiger charge is -2.07. The van der Waals surface area contributed by atoms with Crippen molar-refractivity contribution in [1.29, 1.82) is 0 Å². The summed E-state index contributed by atoms with van der Waals surface area (Å²) in [5.74, 6) is -3.17. The van der Waals surface area contributed by atoms with Crippen LogP contribution in [0.25, 0.3) is 0 Å². The molecule has 3 atom stereocenters. The van der Waals surface area contributed by atoms with E-state index in [9.17, 15) is 18.0 Å². The number of rotatable bonds is 3. The van der Waals surface area contributed by atoms with Crippen LogP contribution in [0.5, 0.6) is 0 Å². The lowest BCUT2D eigenvalue weighted by atomic mass is 10.1. The van der Waals surface area contributed by atoms with Crippen molar-refractivity contribution in [2.24, 2.45) is 17.6 Å². The Morgan fingerprint density at radius 3 is 2.46 bits per heavy atom. The van der Waals surface area contributed by atoms with E-state index in [2.05, 4.69) is 0 Å². The summed E-state index contributed by atoms with van der Waals surface area (Å²) in [4.78, 5) is 10.2. The van der Waals surface area contributed by atoms with Crippen molar-refractivity contribution in [1.82, 2.24) is 0 Å². The second-order valence-corrected chi connectivity index (χ2v) is 3.32. The van der Waals surface area contributed by atoms with Gasteiger partial charge in [-0.25, -0.2) is 0 Å². The highest BCUT2D eigenvalue weighted by Crippen LogP contribution is 2.51. The fraction of sp³-hybridized carbons (Fsp3) is 0.857. The maximum absolute atomic E-state index is 12.0. The third kappa shape index (κ3) is 2.58. The highest BCUT2D eigenvalue weighted by Gasteiger charge is 2.55. The highest BCUT2D eigenvalue weighted by molar-refractivity contribution is 5.73. The first-order chi connectivity index (χ1) is 5.82. The Labute approximate surface area is 72.7 Å². The molecule has 0 amide bonds. The second kappa shape index (κ2) is 3.17. The Bertz CT molecular complexity index is 216. The number of carboxylic acids is 1. The molecule has 6 heteroatoms. The van der Waals surface area contributed by atoms with E-state index in [-0.39, 0.29) is 12.8 Å². The number of carbonyl (C=O) groups is 1. The SMILES string of the molecule is N[C@H](C[C@@H]1C[C@H]1C(F)(F)F)C(=O)O. The van der Waals surface area contributed by atoms with Crippen LogP contribution in [-0.4, -0.2) is 23.3 Å². The van der Waals surface area contributed by atoms with Gasteiger partial charge in [0.1, 0.15) is 6.04 Å². The standard InChI is InChI=1S/C7H10F3NO2/c8-7(9,10)4-1-3(4)2-5(11)6(12)13/h3-5H,1-2,11H2,(H,12,13)/t3-,4+,5+/m0/s1. The molecule has 0 aromatic carbocycles. The zero-order chi connectivity index (χ0) is 10.2. The van der Waals surface area contributed by atoms with Crippen LogP contribution in [0.4, 0.5) is 13.2 Å². The minimum Gasteiger partial charge on any atom is -0.480 e. The molecule has 0 saturated heterocycles. The number of halogens is 3. The van der Waals surface area contributed by atoms with Gasteiger partial charge in [0.15, 0.2) is 0 Å². The molecule has 0 unspecified atom stereocenters. The van der Waals surface area contributed by atoms with Gasteiger partial charge in [-0.3, -0.25) is 4.79 Å². The first kappa shape index (κ1) is 10.3. The van der Waals surface area contributed by atoms with Gasteiger partial charge in [-0.2, -0.15) is 13.2 Å². The molecule has 0 spiro atoms. The van der Waals surface area contributed by atoms with E-state index < -0.39 is 30.0 Å². The number of alkyl halides is 3. The summed E-state index contributed by atoms with van der Waals surface area (Å²) in [7, 11) is 0. The van der Waals surface area contributed by atoms with Crippen LogP contribution >= 0.6 is 0 Å². The topological polar surface area (TPSA) is 63.3 Å². The molecule has 1 aliphatic carbocycles. The summed E-state index contributed by atoms with van der Waals surface area (Å²) in [6, 6.07) is -1.17. The summed E-state index contributed by atoms with van der Waals surface area (Å²) >= 11 is 0. The van der Waals surface area contributed by atoms with Gasteiger partial charge in [0.2, 0.25) is 0 Å². The van der Waals surface area contributed by atoms with Gasteiger partial charge in [0.05, 0.1) is 5.92 Å². The molecule has 13 heavy (non-hydrogen) atoms. The molecule has 3 nitrogen and oxygen atoms in total. The molecule has 1 rings (SSSR count). The Balaban J connectivity index is 2.33. The smallest absolute Gasteiger partial charge is 0.392 e. The van der Waals surface area contributed by atoms with Gasteiger partial charge in [0, 0.05) is 0 Å². The van der Waals surface area contributed by atoms with Crippen LogP contribution in [0.1, 0.15) is 12.8 Å². The Morgan fingerprint density at radius 2 is 2.15 bits per heavy atom. The predicted molar refractivity (Wildman–Crippen MR) is 37.9 cm³/mol. The summed E-state index contributed by atoms with van der Waals surface area (Å²) in [5, 5.41) is 8.34. The molecule has 1 fully saturated rings. The number of hydrogen-bond acceptors (Lipinski definition) is 2. The maximum Gasteiger partial charge on any atom is 0.392 e. The van der Waals surface area contributed by atoms with Crippen LogP contribution < -0.4 is 5.73 Å². The van der Waals surface area contributed by atoms with Gasteiger partial charge in [-0.1, -0.05) is 0 Å². The van der Waals surface area contributed by atoms with Crippen LogP contribution in [0.15, 0.2) is 0 Å². The minimum absolute atomic E-state index is 0.0183. The van der Waals surface area contributed by atoms with Crippen LogP contribution in [0, 0.1) is 11.8 Å². The van der Waals surface area contributed by atoms with Crippen molar-refractivity contribution < 1.29 is 23.1 Å². The molecule has 0 heterocycles. The largest absolute Gasteiger partial charge is 0.480 e. The van der Waals surface area contributed by atoms with E-state index in [0.29, 0.717) is 0 Å². The fourth-order valence-corrected chi connectivity index (χ4v) is 1.34. The first-order valence-corrected chi connectivity index (χ1v) is 3.87. The van der Waals surface area contributed by atoms with Crippen molar-refractivity contribution in [2.45, 2.75) is 25.1 Å². The Hall–Kier alpha value is -0.780. The quantitative estimate of drug-likeness (QED) is 0.709. The molecular weight excluding hydrogens is 187 g/mol. The average Bonchev–Trinajstić information content (AvgIpc) is 2.65. The molecule has 0 bridgehead atoms. The number of nitrogens with two attached hydrogens (primary N) is 1. The second-order valence-electron chi connectivity index (χ2n) is 3.32. The van der Waals surface area contributed by atoms with E-state index in [1.54, 1.807) is 0 Å². The summed E-state index contributed by atoms with van der Waals surface area (Å²) in [6.07, 6.45) is -4.26. The predicted octanol–water partition coefficient (Wildman–Crippen LogP) is 0.987. The monoisotopic (exact) mass is 197 g/mol.